The van der Waals surface area contributed by atoms with Crippen molar-refractivity contribution >= 4 is 22.2 Å². The fourth-order valence-electron chi connectivity index (χ4n) is 1.39. The van der Waals surface area contributed by atoms with E-state index in [-0.39, 0.29) is 0 Å². The Kier molecular flexibility index (Phi) is 6.90. The molecule has 2 rings (SSSR count). The van der Waals surface area contributed by atoms with Crippen molar-refractivity contribution in [3.8, 4) is 5.75 Å². The maximum atomic E-state index is 10.5. The molecule has 100 valence electrons. The van der Waals surface area contributed by atoms with Crippen molar-refractivity contribution in [2.45, 2.75) is 20.5 Å². The van der Waals surface area contributed by atoms with Crippen molar-refractivity contribution in [1.29, 1.82) is 0 Å². The minimum Gasteiger partial charge on any atom is -0.489 e. The molecule has 2 aromatic rings. The van der Waals surface area contributed by atoms with E-state index in [1.165, 1.54) is 0 Å². The predicted molar refractivity (Wildman–Crippen MR) is 81.7 cm³/mol. The molecule has 0 heterocycles. The van der Waals surface area contributed by atoms with E-state index >= 15 is 0 Å². The second-order valence-corrected chi connectivity index (χ2v) is 4.52. The van der Waals surface area contributed by atoms with E-state index in [9.17, 15) is 4.79 Å². The van der Waals surface area contributed by atoms with Gasteiger partial charge in [-0.1, -0.05) is 41.9 Å². The van der Waals surface area contributed by atoms with E-state index in [1.54, 1.807) is 24.3 Å². The summed E-state index contributed by atoms with van der Waals surface area (Å²) in [5.74, 6) is 0.763. The van der Waals surface area contributed by atoms with E-state index in [4.69, 9.17) is 4.74 Å². The van der Waals surface area contributed by atoms with Crippen LogP contribution in [-0.4, -0.2) is 6.29 Å². The van der Waals surface area contributed by atoms with Gasteiger partial charge in [-0.15, -0.1) is 0 Å². The molecule has 3 heteroatoms. The van der Waals surface area contributed by atoms with Crippen LogP contribution in [0.4, 0.5) is 0 Å². The maximum absolute atomic E-state index is 10.5. The van der Waals surface area contributed by atoms with Crippen molar-refractivity contribution in [1.82, 2.24) is 0 Å². The van der Waals surface area contributed by atoms with E-state index in [2.05, 4.69) is 15.9 Å². The van der Waals surface area contributed by atoms with Gasteiger partial charge in [0.2, 0.25) is 0 Å². The number of carbonyl (C=O) groups excluding carboxylic acids is 1. The topological polar surface area (TPSA) is 26.3 Å². The molecule has 0 saturated carbocycles. The zero-order valence-electron chi connectivity index (χ0n) is 11.1. The number of hydrogen-bond acceptors (Lipinski definition) is 2. The molecule has 2 aromatic carbocycles. The number of rotatable bonds is 4. The van der Waals surface area contributed by atoms with Crippen LogP contribution in [0.25, 0.3) is 0 Å². The van der Waals surface area contributed by atoms with Crippen molar-refractivity contribution < 1.29 is 9.53 Å². The van der Waals surface area contributed by atoms with Gasteiger partial charge in [0.15, 0.2) is 0 Å². The number of ether oxygens (including phenoxy) is 1. The highest BCUT2D eigenvalue weighted by Crippen LogP contribution is 2.15. The molecule has 2 nitrogen and oxygen atoms in total. The third kappa shape index (κ3) is 5.26. The lowest BCUT2D eigenvalue weighted by atomic mass is 10.2. The van der Waals surface area contributed by atoms with Crippen molar-refractivity contribution in [3.63, 3.8) is 0 Å². The third-order valence-corrected chi connectivity index (χ3v) is 2.86. The highest BCUT2D eigenvalue weighted by molar-refractivity contribution is 9.10. The summed E-state index contributed by atoms with van der Waals surface area (Å²) < 4.78 is 6.65. The first kappa shape index (κ1) is 15.4. The van der Waals surface area contributed by atoms with Gasteiger partial charge in [0.1, 0.15) is 18.6 Å². The summed E-state index contributed by atoms with van der Waals surface area (Å²) in [5.41, 5.74) is 1.76. The first-order valence-electron chi connectivity index (χ1n) is 6.20. The Bertz CT molecular complexity index is 489. The molecule has 0 aromatic heterocycles. The van der Waals surface area contributed by atoms with E-state index in [0.29, 0.717) is 12.2 Å². The number of benzene rings is 2. The monoisotopic (exact) mass is 320 g/mol. The molecule has 0 aliphatic carbocycles. The Morgan fingerprint density at radius 1 is 1.00 bits per heavy atom. The average Bonchev–Trinajstić information content (AvgIpc) is 2.49. The highest BCUT2D eigenvalue weighted by Gasteiger charge is 1.96. The largest absolute Gasteiger partial charge is 0.489 e. The summed E-state index contributed by atoms with van der Waals surface area (Å²) in [7, 11) is 0. The van der Waals surface area contributed by atoms with Gasteiger partial charge >= 0.3 is 0 Å². The average molecular weight is 321 g/mol. The molecule has 0 atom stereocenters. The number of halogens is 1. The lowest BCUT2D eigenvalue weighted by molar-refractivity contribution is 0.112. The molecule has 0 saturated heterocycles. The maximum Gasteiger partial charge on any atom is 0.150 e. The van der Waals surface area contributed by atoms with Crippen molar-refractivity contribution in [2.24, 2.45) is 0 Å². The van der Waals surface area contributed by atoms with Crippen LogP contribution in [-0.2, 0) is 6.61 Å². The van der Waals surface area contributed by atoms with Gasteiger partial charge in [0.25, 0.3) is 0 Å². The zero-order valence-corrected chi connectivity index (χ0v) is 12.7. The summed E-state index contributed by atoms with van der Waals surface area (Å²) in [6, 6.07) is 15.0. The smallest absolute Gasteiger partial charge is 0.150 e. The standard InChI is InChI=1S/C14H11BrO2.C2H6/c15-13-5-1-12(2-6-13)10-17-14-7-3-11(9-16)4-8-14;1-2/h1-9H,10H2;1-2H3. The fraction of sp³-hybridized carbons (Fsp3) is 0.188. The number of aldehydes is 1. The van der Waals surface area contributed by atoms with Gasteiger partial charge in [-0.05, 0) is 42.0 Å². The van der Waals surface area contributed by atoms with Gasteiger partial charge in [-0.25, -0.2) is 0 Å². The Morgan fingerprint density at radius 2 is 1.58 bits per heavy atom. The molecule has 0 aliphatic heterocycles. The predicted octanol–water partition coefficient (Wildman–Crippen LogP) is 4.87. The molecule has 0 aliphatic rings. The van der Waals surface area contributed by atoms with E-state index < -0.39 is 0 Å². The fourth-order valence-corrected chi connectivity index (χ4v) is 1.65. The van der Waals surface area contributed by atoms with Gasteiger partial charge < -0.3 is 4.74 Å². The Morgan fingerprint density at radius 3 is 2.11 bits per heavy atom. The summed E-state index contributed by atoms with van der Waals surface area (Å²) in [5, 5.41) is 0. The second-order valence-electron chi connectivity index (χ2n) is 3.60. The first-order valence-corrected chi connectivity index (χ1v) is 7.00. The van der Waals surface area contributed by atoms with Crippen LogP contribution in [0, 0.1) is 0 Å². The molecule has 0 N–H and O–H groups in total. The van der Waals surface area contributed by atoms with E-state index in [1.807, 2.05) is 38.1 Å². The molecule has 19 heavy (non-hydrogen) atoms. The molecular formula is C16H17BrO2. The Labute approximate surface area is 122 Å². The van der Waals surface area contributed by atoms with E-state index in [0.717, 1.165) is 22.1 Å². The van der Waals surface area contributed by atoms with Crippen LogP contribution in [0.3, 0.4) is 0 Å². The SMILES string of the molecule is CC.O=Cc1ccc(OCc2ccc(Br)cc2)cc1. The minimum absolute atomic E-state index is 0.522. The van der Waals surface area contributed by atoms with Crippen LogP contribution in [0.2, 0.25) is 0 Å². The lowest BCUT2D eigenvalue weighted by Gasteiger charge is -2.06. The lowest BCUT2D eigenvalue weighted by Crippen LogP contribution is -1.95. The molecule has 0 amide bonds. The third-order valence-electron chi connectivity index (χ3n) is 2.33. The van der Waals surface area contributed by atoms with Gasteiger partial charge in [0, 0.05) is 10.0 Å². The molecule has 0 fully saturated rings. The number of carbonyl (C=O) groups is 1. The summed E-state index contributed by atoms with van der Waals surface area (Å²) in [6.45, 7) is 4.52. The zero-order chi connectivity index (χ0) is 14.1. The highest BCUT2D eigenvalue weighted by atomic mass is 79.9. The van der Waals surface area contributed by atoms with Gasteiger partial charge in [-0.3, -0.25) is 4.79 Å². The summed E-state index contributed by atoms with van der Waals surface area (Å²) in [4.78, 5) is 10.5. The molecule has 0 bridgehead atoms. The van der Waals surface area contributed by atoms with Crippen LogP contribution < -0.4 is 4.74 Å². The Balaban J connectivity index is 0.000000861. The van der Waals surface area contributed by atoms with Gasteiger partial charge in [-0.2, -0.15) is 0 Å². The summed E-state index contributed by atoms with van der Waals surface area (Å²) in [6.07, 6.45) is 0.818. The second kappa shape index (κ2) is 8.48. The first-order chi connectivity index (χ1) is 9.28. The number of hydrogen-bond donors (Lipinski definition) is 0. The van der Waals surface area contributed by atoms with Crippen LogP contribution in [0.15, 0.2) is 53.0 Å². The van der Waals surface area contributed by atoms with Gasteiger partial charge in [0.05, 0.1) is 0 Å². The summed E-state index contributed by atoms with van der Waals surface area (Å²) >= 11 is 3.38. The molecular weight excluding hydrogens is 304 g/mol. The Hall–Kier alpha value is -1.61. The molecule has 0 spiro atoms. The molecule has 0 radical (unpaired) electrons. The van der Waals surface area contributed by atoms with Crippen LogP contribution in [0.1, 0.15) is 29.8 Å². The molecule has 0 unspecified atom stereocenters. The van der Waals surface area contributed by atoms with Crippen molar-refractivity contribution in [3.05, 3.63) is 64.1 Å². The minimum atomic E-state index is 0.522. The van der Waals surface area contributed by atoms with Crippen LogP contribution in [0.5, 0.6) is 5.75 Å². The van der Waals surface area contributed by atoms with Crippen LogP contribution >= 0.6 is 15.9 Å². The quantitative estimate of drug-likeness (QED) is 0.751. The van der Waals surface area contributed by atoms with Crippen molar-refractivity contribution in [2.75, 3.05) is 0 Å². The normalized spacial score (nSPS) is 9.21.